The summed E-state index contributed by atoms with van der Waals surface area (Å²) in [6, 6.07) is 3.96. The number of hydrogen-bond acceptors (Lipinski definition) is 7. The second-order valence-corrected chi connectivity index (χ2v) is 9.01. The lowest BCUT2D eigenvalue weighted by atomic mass is 10.2. The SMILES string of the molecule is CC(C)n1c(S[C@@H]2CCOC2=O)nc2scc(-c3cccs3)c2c1=O. The van der Waals surface area contributed by atoms with E-state index < -0.39 is 0 Å². The molecule has 4 heterocycles. The van der Waals surface area contributed by atoms with Gasteiger partial charge in [0.05, 0.1) is 12.0 Å². The number of carbonyl (C=O) groups is 1. The van der Waals surface area contributed by atoms with Gasteiger partial charge in [-0.1, -0.05) is 17.8 Å². The zero-order valence-electron chi connectivity index (χ0n) is 13.7. The fraction of sp³-hybridized carbons (Fsp3) is 0.353. The lowest BCUT2D eigenvalue weighted by Crippen LogP contribution is -2.26. The molecule has 130 valence electrons. The van der Waals surface area contributed by atoms with Crippen LogP contribution in [0.1, 0.15) is 26.3 Å². The molecule has 0 saturated carbocycles. The van der Waals surface area contributed by atoms with Crippen molar-refractivity contribution in [3.63, 3.8) is 0 Å². The van der Waals surface area contributed by atoms with E-state index in [9.17, 15) is 9.59 Å². The maximum Gasteiger partial charge on any atom is 0.319 e. The quantitative estimate of drug-likeness (QED) is 0.492. The van der Waals surface area contributed by atoms with Gasteiger partial charge in [-0.2, -0.15) is 0 Å². The molecule has 1 aliphatic heterocycles. The normalized spacial score (nSPS) is 17.6. The predicted octanol–water partition coefficient (Wildman–Crippen LogP) is 4.18. The van der Waals surface area contributed by atoms with Gasteiger partial charge in [-0.05, 0) is 25.3 Å². The van der Waals surface area contributed by atoms with Gasteiger partial charge in [0, 0.05) is 28.3 Å². The molecule has 0 aliphatic carbocycles. The number of rotatable bonds is 4. The summed E-state index contributed by atoms with van der Waals surface area (Å²) in [5, 5.41) is 4.97. The summed E-state index contributed by atoms with van der Waals surface area (Å²) in [4.78, 5) is 31.6. The molecule has 8 heteroatoms. The molecular weight excluding hydrogens is 376 g/mol. The summed E-state index contributed by atoms with van der Waals surface area (Å²) in [6.07, 6.45) is 0.653. The van der Waals surface area contributed by atoms with E-state index in [0.717, 1.165) is 15.3 Å². The Morgan fingerprint density at radius 1 is 1.36 bits per heavy atom. The van der Waals surface area contributed by atoms with Crippen molar-refractivity contribution in [1.29, 1.82) is 0 Å². The van der Waals surface area contributed by atoms with E-state index in [1.54, 1.807) is 15.9 Å². The van der Waals surface area contributed by atoms with Crippen LogP contribution in [-0.4, -0.2) is 27.4 Å². The summed E-state index contributed by atoms with van der Waals surface area (Å²) in [6.45, 7) is 4.36. The Morgan fingerprint density at radius 3 is 2.84 bits per heavy atom. The van der Waals surface area contributed by atoms with Crippen molar-refractivity contribution in [1.82, 2.24) is 9.55 Å². The van der Waals surface area contributed by atoms with Gasteiger partial charge in [0.2, 0.25) is 0 Å². The Morgan fingerprint density at radius 2 is 2.20 bits per heavy atom. The van der Waals surface area contributed by atoms with E-state index in [1.165, 1.54) is 23.1 Å². The number of thioether (sulfide) groups is 1. The number of hydrogen-bond donors (Lipinski definition) is 0. The smallest absolute Gasteiger partial charge is 0.319 e. The lowest BCUT2D eigenvalue weighted by Gasteiger charge is -2.16. The number of ether oxygens (including phenoxy) is 1. The molecule has 0 aromatic carbocycles. The highest BCUT2D eigenvalue weighted by Gasteiger charge is 2.30. The Labute approximate surface area is 156 Å². The van der Waals surface area contributed by atoms with E-state index in [1.807, 2.05) is 36.7 Å². The van der Waals surface area contributed by atoms with Gasteiger partial charge < -0.3 is 4.74 Å². The fourth-order valence-electron chi connectivity index (χ4n) is 2.85. The summed E-state index contributed by atoms with van der Waals surface area (Å²) >= 11 is 4.42. The van der Waals surface area contributed by atoms with Crippen LogP contribution >= 0.6 is 34.4 Å². The third-order valence-corrected chi connectivity index (χ3v) is 7.03. The fourth-order valence-corrected chi connectivity index (χ4v) is 5.84. The predicted molar refractivity (Wildman–Crippen MR) is 103 cm³/mol. The van der Waals surface area contributed by atoms with Gasteiger partial charge in [-0.25, -0.2) is 4.98 Å². The summed E-state index contributed by atoms with van der Waals surface area (Å²) in [7, 11) is 0. The standard InChI is InChI=1S/C17H16N2O3S3/c1-9(2)19-15(20)13-10(11-4-3-7-23-11)8-24-14(13)18-17(19)25-12-5-6-22-16(12)21/h3-4,7-9,12H,5-6H2,1-2H3/t12-/m1/s1. The van der Waals surface area contributed by atoms with E-state index >= 15 is 0 Å². The van der Waals surface area contributed by atoms with Crippen molar-refractivity contribution in [3.8, 4) is 10.4 Å². The maximum atomic E-state index is 13.2. The van der Waals surface area contributed by atoms with Crippen LogP contribution in [-0.2, 0) is 9.53 Å². The highest BCUT2D eigenvalue weighted by atomic mass is 32.2. The number of nitrogens with zero attached hydrogens (tertiary/aromatic N) is 2. The third-order valence-electron chi connectivity index (χ3n) is 4.05. The van der Waals surface area contributed by atoms with Crippen LogP contribution in [0, 0.1) is 0 Å². The Balaban J connectivity index is 1.88. The van der Waals surface area contributed by atoms with Crippen molar-refractivity contribution in [2.45, 2.75) is 36.7 Å². The molecule has 1 fully saturated rings. The first-order chi connectivity index (χ1) is 12.1. The first-order valence-corrected chi connectivity index (χ1v) is 10.6. The number of carbonyl (C=O) groups excluding carboxylic acids is 1. The first kappa shape index (κ1) is 16.8. The number of cyclic esters (lactones) is 1. The van der Waals surface area contributed by atoms with Crippen LogP contribution in [0.15, 0.2) is 32.8 Å². The molecule has 0 radical (unpaired) electrons. The molecule has 1 aliphatic rings. The molecule has 5 nitrogen and oxygen atoms in total. The van der Waals surface area contributed by atoms with Gasteiger partial charge >= 0.3 is 5.97 Å². The minimum Gasteiger partial charge on any atom is -0.465 e. The van der Waals surface area contributed by atoms with Crippen molar-refractivity contribution < 1.29 is 9.53 Å². The minimum atomic E-state index is -0.286. The zero-order chi connectivity index (χ0) is 17.6. The maximum absolute atomic E-state index is 13.2. The topological polar surface area (TPSA) is 61.2 Å². The molecule has 0 N–H and O–H groups in total. The largest absolute Gasteiger partial charge is 0.465 e. The van der Waals surface area contributed by atoms with Gasteiger partial charge in [-0.15, -0.1) is 22.7 Å². The summed E-state index contributed by atoms with van der Waals surface area (Å²) in [5.74, 6) is -0.222. The molecule has 1 atom stereocenters. The van der Waals surface area contributed by atoms with E-state index in [4.69, 9.17) is 9.72 Å². The number of esters is 1. The highest BCUT2D eigenvalue weighted by molar-refractivity contribution is 8.00. The van der Waals surface area contributed by atoms with Gasteiger partial charge in [0.25, 0.3) is 5.56 Å². The highest BCUT2D eigenvalue weighted by Crippen LogP contribution is 2.36. The average Bonchev–Trinajstić information content (AvgIpc) is 3.28. The van der Waals surface area contributed by atoms with E-state index in [0.29, 0.717) is 23.6 Å². The third kappa shape index (κ3) is 2.92. The first-order valence-electron chi connectivity index (χ1n) is 7.97. The van der Waals surface area contributed by atoms with Crippen molar-refractivity contribution >= 4 is 50.6 Å². The van der Waals surface area contributed by atoms with Crippen molar-refractivity contribution in [2.75, 3.05) is 6.61 Å². The molecule has 3 aromatic heterocycles. The second kappa shape index (κ2) is 6.59. The van der Waals surface area contributed by atoms with Gasteiger partial charge in [0.15, 0.2) is 5.16 Å². The molecule has 25 heavy (non-hydrogen) atoms. The van der Waals surface area contributed by atoms with Crippen LogP contribution in [0.4, 0.5) is 0 Å². The van der Waals surface area contributed by atoms with Crippen LogP contribution in [0.5, 0.6) is 0 Å². The number of aromatic nitrogens is 2. The second-order valence-electron chi connectivity index (χ2n) is 6.03. The molecule has 0 spiro atoms. The average molecular weight is 393 g/mol. The monoisotopic (exact) mass is 392 g/mol. The number of fused-ring (bicyclic) bond motifs is 1. The molecule has 3 aromatic rings. The van der Waals surface area contributed by atoms with Crippen molar-refractivity contribution in [3.05, 3.63) is 33.2 Å². The molecule has 1 saturated heterocycles. The Bertz CT molecular complexity index is 989. The van der Waals surface area contributed by atoms with Gasteiger partial charge in [0.1, 0.15) is 10.1 Å². The molecule has 0 unspecified atom stereocenters. The number of thiophene rings is 2. The molecule has 0 amide bonds. The minimum absolute atomic E-state index is 0.0413. The lowest BCUT2D eigenvalue weighted by molar-refractivity contribution is -0.137. The van der Waals surface area contributed by atoms with E-state index in [2.05, 4.69) is 0 Å². The van der Waals surface area contributed by atoms with Crippen molar-refractivity contribution in [2.24, 2.45) is 0 Å². The van der Waals surface area contributed by atoms with Crippen LogP contribution in [0.3, 0.4) is 0 Å². The van der Waals surface area contributed by atoms with Crippen LogP contribution in [0.25, 0.3) is 20.7 Å². The molecular formula is C17H16N2O3S3. The molecule has 4 rings (SSSR count). The molecule has 0 bridgehead atoms. The Kier molecular flexibility index (Phi) is 4.43. The Hall–Kier alpha value is -1.64. The van der Waals surface area contributed by atoms with Crippen LogP contribution < -0.4 is 5.56 Å². The van der Waals surface area contributed by atoms with Gasteiger partial charge in [-0.3, -0.25) is 14.2 Å². The van der Waals surface area contributed by atoms with Crippen LogP contribution in [0.2, 0.25) is 0 Å². The summed E-state index contributed by atoms with van der Waals surface area (Å²) in [5.41, 5.74) is 0.900. The summed E-state index contributed by atoms with van der Waals surface area (Å²) < 4.78 is 6.73. The van der Waals surface area contributed by atoms with E-state index in [-0.39, 0.29) is 22.8 Å². The zero-order valence-corrected chi connectivity index (χ0v) is 16.2.